The highest BCUT2D eigenvalue weighted by Crippen LogP contribution is 2.44. The van der Waals surface area contributed by atoms with Crippen LogP contribution in [-0.2, 0) is 0 Å². The van der Waals surface area contributed by atoms with Crippen molar-refractivity contribution >= 4 is 21.6 Å². The van der Waals surface area contributed by atoms with Crippen molar-refractivity contribution in [3.05, 3.63) is 53.0 Å². The molecule has 1 aliphatic heterocycles. The summed E-state index contributed by atoms with van der Waals surface area (Å²) in [5.41, 5.74) is 4.16. The molecule has 1 saturated carbocycles. The predicted octanol–water partition coefficient (Wildman–Crippen LogP) is 5.57. The Morgan fingerprint density at radius 2 is 1.89 bits per heavy atom. The monoisotopic (exact) mass is 373 g/mol. The first-order valence-corrected chi connectivity index (χ1v) is 10.7. The molecule has 0 unspecified atom stereocenters. The fourth-order valence-electron chi connectivity index (χ4n) is 4.59. The van der Waals surface area contributed by atoms with E-state index >= 15 is 0 Å². The number of nitriles is 1. The van der Waals surface area contributed by atoms with Crippen molar-refractivity contribution in [3.8, 4) is 17.2 Å². The quantitative estimate of drug-likeness (QED) is 0.603. The first-order chi connectivity index (χ1) is 13.2. The lowest BCUT2D eigenvalue weighted by Gasteiger charge is -2.42. The molecule has 3 nitrogen and oxygen atoms in total. The highest BCUT2D eigenvalue weighted by molar-refractivity contribution is 7.18. The molecule has 0 bridgehead atoms. The van der Waals surface area contributed by atoms with E-state index in [9.17, 15) is 0 Å². The molecule has 2 aliphatic rings. The largest absolute Gasteiger partial charge is 0.298 e. The summed E-state index contributed by atoms with van der Waals surface area (Å²) in [4.78, 5) is 7.65. The van der Waals surface area contributed by atoms with Crippen LogP contribution in [0.15, 0.2) is 42.5 Å². The third kappa shape index (κ3) is 3.05. The Kier molecular flexibility index (Phi) is 4.22. The second-order valence-corrected chi connectivity index (χ2v) is 9.04. The van der Waals surface area contributed by atoms with Crippen LogP contribution in [0.5, 0.6) is 0 Å². The van der Waals surface area contributed by atoms with Crippen molar-refractivity contribution in [2.75, 3.05) is 6.54 Å². The minimum atomic E-state index is 0.638. The van der Waals surface area contributed by atoms with Crippen LogP contribution in [0.4, 0.5) is 0 Å². The van der Waals surface area contributed by atoms with Crippen LogP contribution < -0.4 is 0 Å². The zero-order chi connectivity index (χ0) is 18.4. The van der Waals surface area contributed by atoms with Crippen LogP contribution in [0.3, 0.4) is 0 Å². The minimum Gasteiger partial charge on any atom is -0.298 e. The Morgan fingerprint density at radius 3 is 2.59 bits per heavy atom. The van der Waals surface area contributed by atoms with Crippen molar-refractivity contribution in [1.29, 1.82) is 5.26 Å². The predicted molar refractivity (Wildman–Crippen MR) is 111 cm³/mol. The Labute approximate surface area is 164 Å². The SMILES string of the molecule is C[C@@H]1CCCN1C1CC(c2nc3ccc(-c4ccc(C#N)cc4)cc3s2)C1. The summed E-state index contributed by atoms with van der Waals surface area (Å²) in [7, 11) is 0. The molecule has 5 rings (SSSR count). The normalized spacial score (nSPS) is 25.4. The fourth-order valence-corrected chi connectivity index (χ4v) is 5.72. The topological polar surface area (TPSA) is 39.9 Å². The Morgan fingerprint density at radius 1 is 1.11 bits per heavy atom. The van der Waals surface area contributed by atoms with Gasteiger partial charge < -0.3 is 0 Å². The fraction of sp³-hybridized carbons (Fsp3) is 0.391. The molecule has 0 radical (unpaired) electrons. The van der Waals surface area contributed by atoms with Crippen LogP contribution in [0.25, 0.3) is 21.3 Å². The van der Waals surface area contributed by atoms with E-state index in [-0.39, 0.29) is 0 Å². The van der Waals surface area contributed by atoms with Gasteiger partial charge in [0.05, 0.1) is 26.9 Å². The van der Waals surface area contributed by atoms with Gasteiger partial charge >= 0.3 is 0 Å². The van der Waals surface area contributed by atoms with Crippen LogP contribution in [-0.4, -0.2) is 28.5 Å². The van der Waals surface area contributed by atoms with Crippen LogP contribution in [0.1, 0.15) is 49.1 Å². The lowest BCUT2D eigenvalue weighted by molar-refractivity contribution is 0.103. The minimum absolute atomic E-state index is 0.638. The van der Waals surface area contributed by atoms with Gasteiger partial charge in [-0.1, -0.05) is 18.2 Å². The van der Waals surface area contributed by atoms with Crippen molar-refractivity contribution in [2.24, 2.45) is 0 Å². The first kappa shape index (κ1) is 16.9. The molecule has 136 valence electrons. The number of thiazole rings is 1. The first-order valence-electron chi connectivity index (χ1n) is 9.88. The van der Waals surface area contributed by atoms with Gasteiger partial charge in [0.1, 0.15) is 0 Å². The number of hydrogen-bond acceptors (Lipinski definition) is 4. The third-order valence-electron chi connectivity index (χ3n) is 6.29. The third-order valence-corrected chi connectivity index (χ3v) is 7.47. The number of nitrogens with zero attached hydrogens (tertiary/aromatic N) is 3. The summed E-state index contributed by atoms with van der Waals surface area (Å²) >= 11 is 1.86. The van der Waals surface area contributed by atoms with Crippen molar-refractivity contribution < 1.29 is 0 Å². The van der Waals surface area contributed by atoms with Crippen LogP contribution >= 0.6 is 11.3 Å². The molecule has 1 saturated heterocycles. The summed E-state index contributed by atoms with van der Waals surface area (Å²) in [6, 6.07) is 18.1. The number of benzene rings is 2. The zero-order valence-electron chi connectivity index (χ0n) is 15.6. The molecule has 27 heavy (non-hydrogen) atoms. The summed E-state index contributed by atoms with van der Waals surface area (Å²) in [5, 5.41) is 10.3. The molecule has 2 fully saturated rings. The molecule has 1 aliphatic carbocycles. The second kappa shape index (κ2) is 6.74. The van der Waals surface area contributed by atoms with Gasteiger partial charge in [-0.2, -0.15) is 5.26 Å². The van der Waals surface area contributed by atoms with Gasteiger partial charge in [-0.25, -0.2) is 4.98 Å². The number of hydrogen-bond donors (Lipinski definition) is 0. The van der Waals surface area contributed by atoms with Crippen LogP contribution in [0, 0.1) is 11.3 Å². The highest BCUT2D eigenvalue weighted by Gasteiger charge is 2.39. The van der Waals surface area contributed by atoms with Crippen molar-refractivity contribution in [2.45, 2.75) is 50.6 Å². The summed E-state index contributed by atoms with van der Waals surface area (Å²) in [5.74, 6) is 0.638. The van der Waals surface area contributed by atoms with E-state index in [4.69, 9.17) is 10.2 Å². The van der Waals surface area contributed by atoms with Gasteiger partial charge in [0.2, 0.25) is 0 Å². The zero-order valence-corrected chi connectivity index (χ0v) is 16.4. The second-order valence-electron chi connectivity index (χ2n) is 7.97. The van der Waals surface area contributed by atoms with E-state index in [2.05, 4.69) is 36.1 Å². The Balaban J connectivity index is 1.34. The van der Waals surface area contributed by atoms with E-state index in [1.165, 1.54) is 47.5 Å². The van der Waals surface area contributed by atoms with Gasteiger partial charge in [0.15, 0.2) is 0 Å². The van der Waals surface area contributed by atoms with Gasteiger partial charge in [-0.05, 0) is 74.5 Å². The lowest BCUT2D eigenvalue weighted by Crippen LogP contribution is -2.45. The van der Waals surface area contributed by atoms with Gasteiger partial charge in [0.25, 0.3) is 0 Å². The van der Waals surface area contributed by atoms with E-state index in [0.29, 0.717) is 11.5 Å². The molecule has 2 heterocycles. The maximum Gasteiger partial charge on any atom is 0.0991 e. The van der Waals surface area contributed by atoms with Crippen molar-refractivity contribution in [1.82, 2.24) is 9.88 Å². The smallest absolute Gasteiger partial charge is 0.0991 e. The molecule has 1 atom stereocenters. The number of fused-ring (bicyclic) bond motifs is 1. The maximum absolute atomic E-state index is 8.97. The Bertz CT molecular complexity index is 1010. The number of rotatable bonds is 3. The van der Waals surface area contributed by atoms with Crippen LogP contribution in [0.2, 0.25) is 0 Å². The average Bonchev–Trinajstić information content (AvgIpc) is 3.26. The van der Waals surface area contributed by atoms with E-state index < -0.39 is 0 Å². The van der Waals surface area contributed by atoms with Gasteiger partial charge in [-0.3, -0.25) is 4.90 Å². The number of aromatic nitrogens is 1. The summed E-state index contributed by atoms with van der Waals surface area (Å²) < 4.78 is 1.27. The molecule has 3 aromatic rings. The molecule has 0 spiro atoms. The molecule has 1 aromatic heterocycles. The maximum atomic E-state index is 8.97. The molecule has 2 aromatic carbocycles. The van der Waals surface area contributed by atoms with Gasteiger partial charge in [-0.15, -0.1) is 11.3 Å². The standard InChI is InChI=1S/C23H23N3S/c1-15-3-2-10-26(15)20-11-19(12-20)23-25-21-9-8-18(13-22(21)27-23)17-6-4-16(14-24)5-7-17/h4-9,13,15,19-20H,2-3,10-12H2,1H3/t15-,19?,20?/m1/s1. The molecular formula is C23H23N3S. The van der Waals surface area contributed by atoms with E-state index in [1.54, 1.807) is 0 Å². The lowest BCUT2D eigenvalue weighted by atomic mass is 9.79. The molecule has 0 N–H and O–H groups in total. The summed E-state index contributed by atoms with van der Waals surface area (Å²) in [6.07, 6.45) is 5.27. The Hall–Kier alpha value is -2.22. The van der Waals surface area contributed by atoms with E-state index in [0.717, 1.165) is 23.2 Å². The van der Waals surface area contributed by atoms with E-state index in [1.807, 2.05) is 35.6 Å². The molecular weight excluding hydrogens is 350 g/mol. The van der Waals surface area contributed by atoms with Gasteiger partial charge in [0, 0.05) is 18.0 Å². The summed E-state index contributed by atoms with van der Waals surface area (Å²) in [6.45, 7) is 3.66. The number of likely N-dealkylation sites (tertiary alicyclic amines) is 1. The van der Waals surface area contributed by atoms with Crippen molar-refractivity contribution in [3.63, 3.8) is 0 Å². The average molecular weight is 374 g/mol. The molecule has 4 heteroatoms. The molecule has 0 amide bonds. The highest BCUT2D eigenvalue weighted by atomic mass is 32.1.